The van der Waals surface area contributed by atoms with Crippen LogP contribution in [0.5, 0.6) is 0 Å². The van der Waals surface area contributed by atoms with Crippen LogP contribution in [0.1, 0.15) is 66.7 Å². The minimum Gasteiger partial charge on any atom is -0.481 e. The number of aliphatic carboxylic acids is 1. The Morgan fingerprint density at radius 2 is 1.65 bits per heavy atom. The zero-order valence-corrected chi connectivity index (χ0v) is 13.8. The van der Waals surface area contributed by atoms with Crippen LogP contribution in [-0.2, 0) is 4.79 Å². The summed E-state index contributed by atoms with van der Waals surface area (Å²) in [6.45, 7) is 13.2. The average Bonchev–Trinajstić information content (AvgIpc) is 2.24. The lowest BCUT2D eigenvalue weighted by Gasteiger charge is -2.51. The number of rotatable bonds is 2. The first-order valence-electron chi connectivity index (χ1n) is 8.01. The minimum absolute atomic E-state index is 0.365. The second-order valence-electron chi connectivity index (χ2n) is 9.01. The molecule has 1 saturated carbocycles. The number of carbonyl (C=O) groups is 1. The molecule has 0 aromatic rings. The summed E-state index contributed by atoms with van der Waals surface area (Å²) in [5, 5.41) is 9.49. The van der Waals surface area contributed by atoms with Gasteiger partial charge >= 0.3 is 5.97 Å². The topological polar surface area (TPSA) is 40.5 Å². The highest BCUT2D eigenvalue weighted by Gasteiger charge is 2.44. The molecule has 1 aliphatic heterocycles. The molecule has 3 heteroatoms. The molecule has 1 heterocycles. The minimum atomic E-state index is -0.628. The van der Waals surface area contributed by atoms with E-state index in [1.165, 1.54) is 19.3 Å². The van der Waals surface area contributed by atoms with Gasteiger partial charge in [-0.05, 0) is 56.4 Å². The number of nitrogens with zero attached hydrogens (tertiary/aromatic N) is 1. The Bertz CT molecular complexity index is 372. The van der Waals surface area contributed by atoms with Crippen LogP contribution in [0.2, 0.25) is 0 Å². The molecule has 2 fully saturated rings. The molecule has 2 aliphatic rings. The van der Waals surface area contributed by atoms with Crippen molar-refractivity contribution < 1.29 is 9.90 Å². The van der Waals surface area contributed by atoms with E-state index in [0.29, 0.717) is 16.9 Å². The van der Waals surface area contributed by atoms with Gasteiger partial charge in [-0.15, -0.1) is 0 Å². The molecule has 1 atom stereocenters. The van der Waals surface area contributed by atoms with Crippen LogP contribution < -0.4 is 0 Å². The SMILES string of the molecule is CC1(C)CC(N2CCCC(C)(C(=O)O)C2)CC(C)(C)C1. The fourth-order valence-electron chi connectivity index (χ4n) is 4.81. The first kappa shape index (κ1) is 15.8. The third kappa shape index (κ3) is 3.36. The normalized spacial score (nSPS) is 34.9. The Balaban J connectivity index is 2.12. The lowest BCUT2D eigenvalue weighted by atomic mass is 9.63. The van der Waals surface area contributed by atoms with Crippen LogP contribution in [0.4, 0.5) is 0 Å². The maximum atomic E-state index is 11.5. The maximum Gasteiger partial charge on any atom is 0.310 e. The molecule has 20 heavy (non-hydrogen) atoms. The molecule has 2 rings (SSSR count). The third-order valence-electron chi connectivity index (χ3n) is 5.29. The van der Waals surface area contributed by atoms with Crippen molar-refractivity contribution in [1.82, 2.24) is 4.90 Å². The van der Waals surface area contributed by atoms with Crippen molar-refractivity contribution in [1.29, 1.82) is 0 Å². The van der Waals surface area contributed by atoms with Crippen molar-refractivity contribution in [2.24, 2.45) is 16.2 Å². The van der Waals surface area contributed by atoms with Crippen LogP contribution >= 0.6 is 0 Å². The molecule has 1 saturated heterocycles. The standard InChI is InChI=1S/C17H31NO2/c1-15(2)9-13(10-16(3,4)11-15)18-8-6-7-17(5,12-18)14(19)20/h13H,6-12H2,1-5H3,(H,19,20). The second kappa shape index (κ2) is 5.01. The quantitative estimate of drug-likeness (QED) is 0.837. The van der Waals surface area contributed by atoms with E-state index < -0.39 is 11.4 Å². The van der Waals surface area contributed by atoms with Gasteiger partial charge in [0.15, 0.2) is 0 Å². The van der Waals surface area contributed by atoms with Crippen molar-refractivity contribution in [3.63, 3.8) is 0 Å². The Hall–Kier alpha value is -0.570. The lowest BCUT2D eigenvalue weighted by molar-refractivity contribution is -0.152. The first-order chi connectivity index (χ1) is 9.03. The molecule has 0 amide bonds. The number of hydrogen-bond donors (Lipinski definition) is 1. The van der Waals surface area contributed by atoms with Crippen molar-refractivity contribution in [3.8, 4) is 0 Å². The Morgan fingerprint density at radius 1 is 1.10 bits per heavy atom. The van der Waals surface area contributed by atoms with Gasteiger partial charge < -0.3 is 5.11 Å². The van der Waals surface area contributed by atoms with Crippen LogP contribution in [0.3, 0.4) is 0 Å². The molecule has 1 unspecified atom stereocenters. The van der Waals surface area contributed by atoms with Gasteiger partial charge in [-0.25, -0.2) is 0 Å². The summed E-state index contributed by atoms with van der Waals surface area (Å²) >= 11 is 0. The van der Waals surface area contributed by atoms with Crippen LogP contribution in [0, 0.1) is 16.2 Å². The highest BCUT2D eigenvalue weighted by molar-refractivity contribution is 5.74. The van der Waals surface area contributed by atoms with Crippen molar-refractivity contribution in [2.45, 2.75) is 72.8 Å². The summed E-state index contributed by atoms with van der Waals surface area (Å²) in [5.74, 6) is -0.628. The third-order valence-corrected chi connectivity index (χ3v) is 5.29. The molecule has 0 aromatic heterocycles. The summed E-state index contributed by atoms with van der Waals surface area (Å²) in [7, 11) is 0. The van der Waals surface area contributed by atoms with Gasteiger partial charge in [0.25, 0.3) is 0 Å². The fraction of sp³-hybridized carbons (Fsp3) is 0.941. The Labute approximate surface area is 123 Å². The van der Waals surface area contributed by atoms with Gasteiger partial charge in [-0.3, -0.25) is 9.69 Å². The van der Waals surface area contributed by atoms with E-state index in [0.717, 1.165) is 25.9 Å². The monoisotopic (exact) mass is 281 g/mol. The predicted octanol–water partition coefficient (Wildman–Crippen LogP) is 3.78. The van der Waals surface area contributed by atoms with Crippen LogP contribution in [0.25, 0.3) is 0 Å². The molecule has 0 aromatic carbocycles. The smallest absolute Gasteiger partial charge is 0.310 e. The van der Waals surface area contributed by atoms with Crippen LogP contribution in [-0.4, -0.2) is 35.1 Å². The van der Waals surface area contributed by atoms with Gasteiger partial charge in [0.05, 0.1) is 5.41 Å². The second-order valence-corrected chi connectivity index (χ2v) is 9.01. The molecule has 0 radical (unpaired) electrons. The average molecular weight is 281 g/mol. The summed E-state index contributed by atoms with van der Waals surface area (Å²) in [5.41, 5.74) is 0.178. The van der Waals surface area contributed by atoms with Gasteiger partial charge in [-0.1, -0.05) is 27.7 Å². The van der Waals surface area contributed by atoms with Crippen molar-refractivity contribution >= 4 is 5.97 Å². The Morgan fingerprint density at radius 3 is 2.15 bits per heavy atom. The number of carboxylic acids is 1. The van der Waals surface area contributed by atoms with Gasteiger partial charge in [0, 0.05) is 12.6 Å². The van der Waals surface area contributed by atoms with E-state index in [9.17, 15) is 9.90 Å². The van der Waals surface area contributed by atoms with Crippen molar-refractivity contribution in [3.05, 3.63) is 0 Å². The molecule has 3 nitrogen and oxygen atoms in total. The van der Waals surface area contributed by atoms with Crippen molar-refractivity contribution in [2.75, 3.05) is 13.1 Å². The number of hydrogen-bond acceptors (Lipinski definition) is 2. The highest BCUT2D eigenvalue weighted by Crippen LogP contribution is 2.48. The van der Waals surface area contributed by atoms with Crippen LogP contribution in [0.15, 0.2) is 0 Å². The summed E-state index contributed by atoms with van der Waals surface area (Å²) in [6, 6.07) is 0.549. The van der Waals surface area contributed by atoms with Gasteiger partial charge in [0.1, 0.15) is 0 Å². The highest BCUT2D eigenvalue weighted by atomic mass is 16.4. The van der Waals surface area contributed by atoms with E-state index in [-0.39, 0.29) is 0 Å². The summed E-state index contributed by atoms with van der Waals surface area (Å²) in [6.07, 6.45) is 5.50. The van der Waals surface area contributed by atoms with E-state index in [4.69, 9.17) is 0 Å². The largest absolute Gasteiger partial charge is 0.481 e. The first-order valence-corrected chi connectivity index (χ1v) is 8.01. The van der Waals surface area contributed by atoms with E-state index in [1.54, 1.807) is 0 Å². The summed E-state index contributed by atoms with van der Waals surface area (Å²) in [4.78, 5) is 14.0. The van der Waals surface area contributed by atoms with E-state index in [2.05, 4.69) is 32.6 Å². The molecule has 0 spiro atoms. The summed E-state index contributed by atoms with van der Waals surface area (Å²) < 4.78 is 0. The lowest BCUT2D eigenvalue weighted by Crippen LogP contribution is -2.53. The maximum absolute atomic E-state index is 11.5. The van der Waals surface area contributed by atoms with E-state index >= 15 is 0 Å². The Kier molecular flexibility index (Phi) is 3.96. The zero-order valence-electron chi connectivity index (χ0n) is 13.8. The number of carboxylic acid groups (broad SMARTS) is 1. The number of piperidine rings is 1. The number of likely N-dealkylation sites (tertiary alicyclic amines) is 1. The van der Waals surface area contributed by atoms with E-state index in [1.807, 2.05) is 6.92 Å². The fourth-order valence-corrected chi connectivity index (χ4v) is 4.81. The molecular formula is C17H31NO2. The predicted molar refractivity (Wildman–Crippen MR) is 81.8 cm³/mol. The molecule has 1 N–H and O–H groups in total. The molecule has 1 aliphatic carbocycles. The molecule has 116 valence electrons. The molecule has 0 bridgehead atoms. The molecular weight excluding hydrogens is 250 g/mol. The van der Waals surface area contributed by atoms with Gasteiger partial charge in [-0.2, -0.15) is 0 Å². The van der Waals surface area contributed by atoms with Gasteiger partial charge in [0.2, 0.25) is 0 Å². The zero-order chi connectivity index (χ0) is 15.2.